The van der Waals surface area contributed by atoms with Gasteiger partial charge in [0.05, 0.1) is 7.11 Å². The second-order valence-corrected chi connectivity index (χ2v) is 6.71. The lowest BCUT2D eigenvalue weighted by Crippen LogP contribution is -2.44. The third-order valence-electron chi connectivity index (χ3n) is 4.23. The monoisotopic (exact) mass is 331 g/mol. The maximum Gasteiger partial charge on any atom is 0.256 e. The van der Waals surface area contributed by atoms with Crippen molar-refractivity contribution in [1.29, 1.82) is 0 Å². The highest BCUT2D eigenvalue weighted by Crippen LogP contribution is 2.25. The average Bonchev–Trinajstić information content (AvgIpc) is 3.06. The van der Waals surface area contributed by atoms with Crippen LogP contribution in [0.4, 0.5) is 0 Å². The van der Waals surface area contributed by atoms with Crippen molar-refractivity contribution in [3.8, 4) is 5.88 Å². The molecule has 1 N–H and O–H groups in total. The number of amides is 1. The van der Waals surface area contributed by atoms with Gasteiger partial charge in [0.1, 0.15) is 5.56 Å². The third-order valence-corrected chi connectivity index (χ3v) is 5.25. The molecule has 0 saturated heterocycles. The molecule has 2 aromatic heterocycles. The Kier molecular flexibility index (Phi) is 4.93. The number of hydrogen-bond acceptors (Lipinski definition) is 5. The van der Waals surface area contributed by atoms with Crippen molar-refractivity contribution in [2.24, 2.45) is 0 Å². The highest BCUT2D eigenvalue weighted by atomic mass is 32.1. The molecule has 0 spiro atoms. The number of hydrogen-bond donors (Lipinski definition) is 1. The molecule has 122 valence electrons. The van der Waals surface area contributed by atoms with Crippen molar-refractivity contribution < 1.29 is 9.53 Å². The molecule has 3 heterocycles. The first-order valence-electron chi connectivity index (χ1n) is 7.75. The summed E-state index contributed by atoms with van der Waals surface area (Å²) in [7, 11) is 1.52. The first-order valence-corrected chi connectivity index (χ1v) is 8.63. The number of fused-ring (bicyclic) bond motifs is 1. The Morgan fingerprint density at radius 1 is 1.52 bits per heavy atom. The zero-order chi connectivity index (χ0) is 16.2. The van der Waals surface area contributed by atoms with Crippen LogP contribution in [0.1, 0.15) is 27.7 Å². The minimum atomic E-state index is -0.143. The fraction of sp³-hybridized carbons (Fsp3) is 0.412. The number of nitrogens with zero attached hydrogens (tertiary/aromatic N) is 2. The molecule has 2 aromatic rings. The molecule has 1 atom stereocenters. The predicted molar refractivity (Wildman–Crippen MR) is 91.0 cm³/mol. The quantitative estimate of drug-likeness (QED) is 0.914. The van der Waals surface area contributed by atoms with Crippen LogP contribution in [0.3, 0.4) is 0 Å². The number of carbonyl (C=O) groups is 1. The number of carbonyl (C=O) groups excluding carboxylic acids is 1. The minimum absolute atomic E-state index is 0.143. The van der Waals surface area contributed by atoms with Gasteiger partial charge < -0.3 is 10.1 Å². The summed E-state index contributed by atoms with van der Waals surface area (Å²) in [5.41, 5.74) is 1.90. The van der Waals surface area contributed by atoms with Crippen molar-refractivity contribution in [3.05, 3.63) is 45.8 Å². The van der Waals surface area contributed by atoms with Gasteiger partial charge in [-0.1, -0.05) is 0 Å². The molecule has 23 heavy (non-hydrogen) atoms. The van der Waals surface area contributed by atoms with E-state index in [0.29, 0.717) is 18.0 Å². The predicted octanol–water partition coefficient (Wildman–Crippen LogP) is 2.33. The standard InChI is InChI=1S/C17H21N3O2S/c1-12(20-8-5-15-13(11-20)6-9-23-15)10-19-16(21)14-4-3-7-18-17(14)22-2/h3-4,6-7,9,12H,5,8,10-11H2,1-2H3,(H,19,21). The van der Waals surface area contributed by atoms with Crippen LogP contribution in [-0.4, -0.2) is 42.0 Å². The molecule has 1 aliphatic heterocycles. The molecule has 0 aromatic carbocycles. The summed E-state index contributed by atoms with van der Waals surface area (Å²) >= 11 is 1.84. The molecule has 0 fully saturated rings. The SMILES string of the molecule is COc1ncccc1C(=O)NCC(C)N1CCc2sccc2C1. The van der Waals surface area contributed by atoms with Gasteiger partial charge in [-0.3, -0.25) is 9.69 Å². The van der Waals surface area contributed by atoms with Crippen molar-refractivity contribution in [2.45, 2.75) is 25.9 Å². The Morgan fingerprint density at radius 2 is 2.39 bits per heavy atom. The molecular weight excluding hydrogens is 310 g/mol. The third kappa shape index (κ3) is 3.54. The summed E-state index contributed by atoms with van der Waals surface area (Å²) in [6.07, 6.45) is 2.71. The molecule has 0 bridgehead atoms. The van der Waals surface area contributed by atoms with Gasteiger partial charge in [-0.15, -0.1) is 11.3 Å². The number of thiophene rings is 1. The van der Waals surface area contributed by atoms with Crippen LogP contribution in [0.15, 0.2) is 29.8 Å². The van der Waals surface area contributed by atoms with E-state index >= 15 is 0 Å². The smallest absolute Gasteiger partial charge is 0.256 e. The Morgan fingerprint density at radius 3 is 3.22 bits per heavy atom. The summed E-state index contributed by atoms with van der Waals surface area (Å²) in [6, 6.07) is 5.96. The molecule has 1 unspecified atom stereocenters. The van der Waals surface area contributed by atoms with E-state index in [0.717, 1.165) is 19.5 Å². The number of methoxy groups -OCH3 is 1. The van der Waals surface area contributed by atoms with Crippen LogP contribution in [0, 0.1) is 0 Å². The molecule has 1 aliphatic rings. The van der Waals surface area contributed by atoms with Crippen LogP contribution >= 0.6 is 11.3 Å². The van der Waals surface area contributed by atoms with Crippen LogP contribution in [0.2, 0.25) is 0 Å². The van der Waals surface area contributed by atoms with Crippen LogP contribution in [0.5, 0.6) is 5.88 Å². The maximum absolute atomic E-state index is 12.3. The van der Waals surface area contributed by atoms with E-state index in [-0.39, 0.29) is 11.9 Å². The number of rotatable bonds is 5. The zero-order valence-electron chi connectivity index (χ0n) is 13.4. The van der Waals surface area contributed by atoms with Gasteiger partial charge >= 0.3 is 0 Å². The van der Waals surface area contributed by atoms with E-state index < -0.39 is 0 Å². The number of nitrogens with one attached hydrogen (secondary N) is 1. The summed E-state index contributed by atoms with van der Waals surface area (Å²) < 4.78 is 5.14. The number of aromatic nitrogens is 1. The van der Waals surface area contributed by atoms with E-state index in [2.05, 4.69) is 33.6 Å². The second-order valence-electron chi connectivity index (χ2n) is 5.71. The van der Waals surface area contributed by atoms with E-state index in [4.69, 9.17) is 4.74 Å². The summed E-state index contributed by atoms with van der Waals surface area (Å²) in [6.45, 7) is 4.77. The first kappa shape index (κ1) is 16.0. The molecule has 1 amide bonds. The lowest BCUT2D eigenvalue weighted by atomic mass is 10.1. The molecular formula is C17H21N3O2S. The topological polar surface area (TPSA) is 54.5 Å². The van der Waals surface area contributed by atoms with Gasteiger partial charge in [-0.25, -0.2) is 4.98 Å². The van der Waals surface area contributed by atoms with Gasteiger partial charge in [0.25, 0.3) is 5.91 Å². The van der Waals surface area contributed by atoms with Gasteiger partial charge in [0, 0.05) is 36.8 Å². The average molecular weight is 331 g/mol. The fourth-order valence-electron chi connectivity index (χ4n) is 2.84. The van der Waals surface area contributed by atoms with Crippen molar-refractivity contribution >= 4 is 17.2 Å². The van der Waals surface area contributed by atoms with Crippen molar-refractivity contribution in [2.75, 3.05) is 20.2 Å². The van der Waals surface area contributed by atoms with Crippen molar-refractivity contribution in [1.82, 2.24) is 15.2 Å². The van der Waals surface area contributed by atoms with E-state index in [1.807, 2.05) is 11.3 Å². The Bertz CT molecular complexity index is 686. The highest BCUT2D eigenvalue weighted by Gasteiger charge is 2.22. The van der Waals surface area contributed by atoms with Gasteiger partial charge in [0.15, 0.2) is 0 Å². The van der Waals surface area contributed by atoms with Gasteiger partial charge in [-0.05, 0) is 42.5 Å². The zero-order valence-corrected chi connectivity index (χ0v) is 14.2. The maximum atomic E-state index is 12.3. The van der Waals surface area contributed by atoms with E-state index in [1.165, 1.54) is 17.6 Å². The fourth-order valence-corrected chi connectivity index (χ4v) is 3.73. The number of pyridine rings is 1. The molecule has 0 saturated carbocycles. The van der Waals surface area contributed by atoms with E-state index in [9.17, 15) is 4.79 Å². The molecule has 0 radical (unpaired) electrons. The lowest BCUT2D eigenvalue weighted by molar-refractivity contribution is 0.0929. The summed E-state index contributed by atoms with van der Waals surface area (Å²) in [5.74, 6) is 0.216. The Labute approximate surface area is 140 Å². The van der Waals surface area contributed by atoms with Crippen LogP contribution in [0.25, 0.3) is 0 Å². The first-order chi connectivity index (χ1) is 11.2. The van der Waals surface area contributed by atoms with Crippen LogP contribution in [-0.2, 0) is 13.0 Å². The van der Waals surface area contributed by atoms with Gasteiger partial charge in [-0.2, -0.15) is 0 Å². The van der Waals surface area contributed by atoms with Crippen LogP contribution < -0.4 is 10.1 Å². The van der Waals surface area contributed by atoms with E-state index in [1.54, 1.807) is 18.3 Å². The molecule has 0 aliphatic carbocycles. The second kappa shape index (κ2) is 7.10. The summed E-state index contributed by atoms with van der Waals surface area (Å²) in [4.78, 5) is 20.3. The number of ether oxygens (including phenoxy) is 1. The Hall–Kier alpha value is -1.92. The van der Waals surface area contributed by atoms with Crippen molar-refractivity contribution in [3.63, 3.8) is 0 Å². The molecule has 5 nitrogen and oxygen atoms in total. The summed E-state index contributed by atoms with van der Waals surface area (Å²) in [5, 5.41) is 5.15. The highest BCUT2D eigenvalue weighted by molar-refractivity contribution is 7.10. The normalized spacial score (nSPS) is 15.7. The molecule has 6 heteroatoms. The largest absolute Gasteiger partial charge is 0.480 e. The van der Waals surface area contributed by atoms with Gasteiger partial charge in [0.2, 0.25) is 5.88 Å². The lowest BCUT2D eigenvalue weighted by Gasteiger charge is -2.32. The minimum Gasteiger partial charge on any atom is -0.480 e. The molecule has 3 rings (SSSR count). The Balaban J connectivity index is 1.57.